The van der Waals surface area contributed by atoms with E-state index in [-0.39, 0.29) is 5.56 Å². The third kappa shape index (κ3) is 2.13. The fourth-order valence-electron chi connectivity index (χ4n) is 1.71. The minimum absolute atomic E-state index is 0.239. The molecule has 0 unspecified atom stereocenters. The van der Waals surface area contributed by atoms with Crippen molar-refractivity contribution in [2.45, 2.75) is 6.92 Å². The first kappa shape index (κ1) is 11.6. The van der Waals surface area contributed by atoms with Crippen LogP contribution in [0.25, 0.3) is 11.1 Å². The lowest BCUT2D eigenvalue weighted by molar-refractivity contribution is 0.412. The zero-order valence-corrected chi connectivity index (χ0v) is 9.63. The van der Waals surface area contributed by atoms with E-state index in [1.54, 1.807) is 25.3 Å². The summed E-state index contributed by atoms with van der Waals surface area (Å²) in [7, 11) is 1.55. The first-order chi connectivity index (χ1) is 8.13. The van der Waals surface area contributed by atoms with E-state index in [0.29, 0.717) is 11.3 Å². The Balaban J connectivity index is 2.57. The summed E-state index contributed by atoms with van der Waals surface area (Å²) < 4.78 is 31.9. The van der Waals surface area contributed by atoms with E-state index in [0.717, 1.165) is 11.6 Å². The summed E-state index contributed by atoms with van der Waals surface area (Å²) in [5.74, 6) is -1.02. The van der Waals surface area contributed by atoms with E-state index in [1.165, 1.54) is 6.07 Å². The zero-order chi connectivity index (χ0) is 12.4. The van der Waals surface area contributed by atoms with Gasteiger partial charge in [-0.3, -0.25) is 0 Å². The average molecular weight is 234 g/mol. The molecule has 2 aromatic rings. The average Bonchev–Trinajstić information content (AvgIpc) is 2.34. The largest absolute Gasteiger partial charge is 0.496 e. The van der Waals surface area contributed by atoms with Crippen LogP contribution in [-0.2, 0) is 0 Å². The van der Waals surface area contributed by atoms with Crippen molar-refractivity contribution in [3.8, 4) is 16.9 Å². The number of methoxy groups -OCH3 is 1. The molecule has 0 bridgehead atoms. The number of benzene rings is 2. The highest BCUT2D eigenvalue weighted by Crippen LogP contribution is 2.29. The summed E-state index contributed by atoms with van der Waals surface area (Å²) in [6.45, 7) is 1.89. The fourth-order valence-corrected chi connectivity index (χ4v) is 1.71. The maximum Gasteiger partial charge on any atom is 0.166 e. The van der Waals surface area contributed by atoms with Crippen molar-refractivity contribution >= 4 is 0 Å². The van der Waals surface area contributed by atoms with Crippen LogP contribution in [0.5, 0.6) is 5.75 Å². The first-order valence-corrected chi connectivity index (χ1v) is 5.22. The maximum absolute atomic E-state index is 13.6. The highest BCUT2D eigenvalue weighted by atomic mass is 19.2. The van der Waals surface area contributed by atoms with Gasteiger partial charge < -0.3 is 4.74 Å². The Bertz CT molecular complexity index is 550. The van der Waals surface area contributed by atoms with E-state index in [4.69, 9.17) is 4.74 Å². The number of hydrogen-bond donors (Lipinski definition) is 0. The van der Waals surface area contributed by atoms with Crippen molar-refractivity contribution in [3.63, 3.8) is 0 Å². The van der Waals surface area contributed by atoms with Gasteiger partial charge >= 0.3 is 0 Å². The molecular formula is C14H12F2O. The van der Waals surface area contributed by atoms with Crippen LogP contribution < -0.4 is 4.74 Å². The monoisotopic (exact) mass is 234 g/mol. The van der Waals surface area contributed by atoms with E-state index < -0.39 is 11.6 Å². The van der Waals surface area contributed by atoms with Crippen molar-refractivity contribution in [2.24, 2.45) is 0 Å². The number of rotatable bonds is 2. The minimum Gasteiger partial charge on any atom is -0.496 e. The van der Waals surface area contributed by atoms with Gasteiger partial charge in [0.1, 0.15) is 5.75 Å². The SMILES string of the molecule is COc1cc(-c2cccc(F)c2F)ccc1C. The van der Waals surface area contributed by atoms with Crippen LogP contribution in [0.15, 0.2) is 36.4 Å². The fraction of sp³-hybridized carbons (Fsp3) is 0.143. The second kappa shape index (κ2) is 4.53. The molecule has 88 valence electrons. The van der Waals surface area contributed by atoms with Crippen LogP contribution >= 0.6 is 0 Å². The molecule has 0 aromatic heterocycles. The number of halogens is 2. The molecule has 0 atom stereocenters. The third-order valence-corrected chi connectivity index (χ3v) is 2.67. The summed E-state index contributed by atoms with van der Waals surface area (Å²) in [6, 6.07) is 9.40. The molecule has 0 aliphatic heterocycles. The van der Waals surface area contributed by atoms with Gasteiger partial charge in [0.2, 0.25) is 0 Å². The predicted octanol–water partition coefficient (Wildman–Crippen LogP) is 3.95. The Morgan fingerprint density at radius 1 is 1.06 bits per heavy atom. The number of hydrogen-bond acceptors (Lipinski definition) is 1. The summed E-state index contributed by atoms with van der Waals surface area (Å²) >= 11 is 0. The summed E-state index contributed by atoms with van der Waals surface area (Å²) in [6.07, 6.45) is 0. The Labute approximate surface area is 98.7 Å². The van der Waals surface area contributed by atoms with Crippen molar-refractivity contribution < 1.29 is 13.5 Å². The van der Waals surface area contributed by atoms with Gasteiger partial charge in [-0.1, -0.05) is 24.3 Å². The highest BCUT2D eigenvalue weighted by molar-refractivity contribution is 5.66. The van der Waals surface area contributed by atoms with Crippen LogP contribution in [0.2, 0.25) is 0 Å². The van der Waals surface area contributed by atoms with E-state index in [9.17, 15) is 8.78 Å². The van der Waals surface area contributed by atoms with Gasteiger partial charge in [-0.05, 0) is 30.2 Å². The molecule has 17 heavy (non-hydrogen) atoms. The molecular weight excluding hydrogens is 222 g/mol. The van der Waals surface area contributed by atoms with Gasteiger partial charge in [-0.25, -0.2) is 8.78 Å². The Morgan fingerprint density at radius 2 is 1.82 bits per heavy atom. The third-order valence-electron chi connectivity index (χ3n) is 2.67. The van der Waals surface area contributed by atoms with Gasteiger partial charge in [0.25, 0.3) is 0 Å². The molecule has 0 radical (unpaired) electrons. The lowest BCUT2D eigenvalue weighted by Gasteiger charge is -2.08. The normalized spacial score (nSPS) is 10.4. The predicted molar refractivity (Wildman–Crippen MR) is 63.1 cm³/mol. The summed E-state index contributed by atoms with van der Waals surface area (Å²) in [4.78, 5) is 0. The van der Waals surface area contributed by atoms with Gasteiger partial charge in [0.05, 0.1) is 7.11 Å². The standard InChI is InChI=1S/C14H12F2O/c1-9-6-7-10(8-13(9)17-2)11-4-3-5-12(15)14(11)16/h3-8H,1-2H3. The quantitative estimate of drug-likeness (QED) is 0.764. The molecule has 0 amide bonds. The Morgan fingerprint density at radius 3 is 2.53 bits per heavy atom. The lowest BCUT2D eigenvalue weighted by atomic mass is 10.0. The molecule has 3 heteroatoms. The Hall–Kier alpha value is -1.90. The topological polar surface area (TPSA) is 9.23 Å². The molecule has 0 saturated carbocycles. The van der Waals surface area contributed by atoms with Crippen molar-refractivity contribution in [3.05, 3.63) is 53.6 Å². The number of aryl methyl sites for hydroxylation is 1. The zero-order valence-electron chi connectivity index (χ0n) is 9.63. The van der Waals surface area contributed by atoms with Crippen molar-refractivity contribution in [2.75, 3.05) is 7.11 Å². The van der Waals surface area contributed by atoms with Crippen LogP contribution in [0, 0.1) is 18.6 Å². The van der Waals surface area contributed by atoms with Crippen molar-refractivity contribution in [1.29, 1.82) is 0 Å². The molecule has 0 N–H and O–H groups in total. The molecule has 0 spiro atoms. The Kier molecular flexibility index (Phi) is 3.09. The summed E-state index contributed by atoms with van der Waals surface area (Å²) in [5.41, 5.74) is 1.79. The summed E-state index contributed by atoms with van der Waals surface area (Å²) in [5, 5.41) is 0. The van der Waals surface area contributed by atoms with E-state index in [1.807, 2.05) is 13.0 Å². The van der Waals surface area contributed by atoms with Crippen molar-refractivity contribution in [1.82, 2.24) is 0 Å². The molecule has 0 heterocycles. The number of ether oxygens (including phenoxy) is 1. The molecule has 0 fully saturated rings. The van der Waals surface area contributed by atoms with Gasteiger partial charge in [-0.15, -0.1) is 0 Å². The molecule has 1 nitrogen and oxygen atoms in total. The highest BCUT2D eigenvalue weighted by Gasteiger charge is 2.10. The molecule has 0 aliphatic carbocycles. The van der Waals surface area contributed by atoms with Gasteiger partial charge in [-0.2, -0.15) is 0 Å². The van der Waals surface area contributed by atoms with Crippen LogP contribution in [0.3, 0.4) is 0 Å². The second-order valence-corrected chi connectivity index (χ2v) is 3.79. The van der Waals surface area contributed by atoms with E-state index in [2.05, 4.69) is 0 Å². The van der Waals surface area contributed by atoms with Gasteiger partial charge in [0, 0.05) is 5.56 Å². The molecule has 2 rings (SSSR count). The molecule has 2 aromatic carbocycles. The van der Waals surface area contributed by atoms with Crippen LogP contribution in [0.4, 0.5) is 8.78 Å². The van der Waals surface area contributed by atoms with E-state index >= 15 is 0 Å². The smallest absolute Gasteiger partial charge is 0.166 e. The van der Waals surface area contributed by atoms with Crippen LogP contribution in [0.1, 0.15) is 5.56 Å². The first-order valence-electron chi connectivity index (χ1n) is 5.22. The second-order valence-electron chi connectivity index (χ2n) is 3.79. The van der Waals surface area contributed by atoms with Gasteiger partial charge in [0.15, 0.2) is 11.6 Å². The maximum atomic E-state index is 13.6. The lowest BCUT2D eigenvalue weighted by Crippen LogP contribution is -1.91. The minimum atomic E-state index is -0.845. The van der Waals surface area contributed by atoms with Crippen LogP contribution in [-0.4, -0.2) is 7.11 Å². The molecule has 0 saturated heterocycles. The molecule has 0 aliphatic rings.